The summed E-state index contributed by atoms with van der Waals surface area (Å²) in [5, 5.41) is 8.73. The topological polar surface area (TPSA) is 78.2 Å². The van der Waals surface area contributed by atoms with Crippen molar-refractivity contribution in [3.05, 3.63) is 26.6 Å². The van der Waals surface area contributed by atoms with Crippen LogP contribution in [0.25, 0.3) is 16.0 Å². The maximum Gasteiger partial charge on any atom is 0.282 e. The number of aromatic nitrogens is 4. The summed E-state index contributed by atoms with van der Waals surface area (Å²) in [6, 6.07) is 0. The molecule has 0 radical (unpaired) electrons. The molecule has 0 spiro atoms. The van der Waals surface area contributed by atoms with Crippen LogP contribution in [0.4, 0.5) is 0 Å². The second-order valence-corrected chi connectivity index (χ2v) is 5.68. The van der Waals surface area contributed by atoms with E-state index < -0.39 is 0 Å². The van der Waals surface area contributed by atoms with E-state index in [0.29, 0.717) is 5.78 Å². The van der Waals surface area contributed by atoms with E-state index in [1.807, 2.05) is 11.3 Å². The van der Waals surface area contributed by atoms with E-state index >= 15 is 0 Å². The predicted molar refractivity (Wildman–Crippen MR) is 69.5 cm³/mol. The fourth-order valence-corrected chi connectivity index (χ4v) is 4.15. The third-order valence-electron chi connectivity index (χ3n) is 3.56. The number of thiophene rings is 1. The quantitative estimate of drug-likeness (QED) is 0.602. The van der Waals surface area contributed by atoms with Crippen LogP contribution in [0.1, 0.15) is 22.7 Å². The number of hydrogen-bond donors (Lipinski definition) is 1. The number of nitrogens with two attached hydrogens (primary N) is 1. The minimum absolute atomic E-state index is 0.163. The normalized spacial score (nSPS) is 14.7. The van der Waals surface area contributed by atoms with Gasteiger partial charge in [0.1, 0.15) is 10.7 Å². The first kappa shape index (κ1) is 10.1. The van der Waals surface area contributed by atoms with Crippen LogP contribution < -0.4 is 11.4 Å². The van der Waals surface area contributed by atoms with E-state index in [2.05, 4.69) is 10.2 Å². The number of nitrogen functional groups attached to an aromatic ring is 1. The summed E-state index contributed by atoms with van der Waals surface area (Å²) in [6.45, 7) is 1.87. The van der Waals surface area contributed by atoms with E-state index in [-0.39, 0.29) is 5.56 Å². The molecule has 0 atom stereocenters. The van der Waals surface area contributed by atoms with Crippen LogP contribution in [0, 0.1) is 6.92 Å². The molecule has 0 bridgehead atoms. The fourth-order valence-electron chi connectivity index (χ4n) is 2.72. The van der Waals surface area contributed by atoms with Crippen molar-refractivity contribution in [2.75, 3.05) is 5.84 Å². The lowest BCUT2D eigenvalue weighted by Crippen LogP contribution is -2.29. The smallest absolute Gasteiger partial charge is 0.282 e. The summed E-state index contributed by atoms with van der Waals surface area (Å²) < 4.78 is 2.98. The Hall–Kier alpha value is -1.89. The maximum absolute atomic E-state index is 12.3. The van der Waals surface area contributed by atoms with Crippen molar-refractivity contribution in [2.45, 2.75) is 26.2 Å². The summed E-state index contributed by atoms with van der Waals surface area (Å²) in [5.41, 5.74) is 1.01. The number of hydrogen-bond acceptors (Lipinski definition) is 5. The van der Waals surface area contributed by atoms with Crippen molar-refractivity contribution >= 4 is 27.3 Å². The predicted octanol–water partition coefficient (Wildman–Crippen LogP) is 0.617. The number of rotatable bonds is 0. The van der Waals surface area contributed by atoms with Gasteiger partial charge in [0, 0.05) is 4.88 Å². The molecule has 0 saturated heterocycles. The monoisotopic (exact) mass is 261 g/mol. The zero-order chi connectivity index (χ0) is 12.4. The zero-order valence-corrected chi connectivity index (χ0v) is 10.6. The van der Waals surface area contributed by atoms with Crippen molar-refractivity contribution < 1.29 is 0 Å². The van der Waals surface area contributed by atoms with Crippen LogP contribution in [0.5, 0.6) is 0 Å². The Morgan fingerprint density at radius 2 is 2.17 bits per heavy atom. The zero-order valence-electron chi connectivity index (χ0n) is 9.80. The molecule has 18 heavy (non-hydrogen) atoms. The summed E-state index contributed by atoms with van der Waals surface area (Å²) in [5.74, 6) is 7.00. The van der Waals surface area contributed by atoms with Crippen LogP contribution in [0.3, 0.4) is 0 Å². The molecule has 3 heterocycles. The highest BCUT2D eigenvalue weighted by Gasteiger charge is 2.24. The highest BCUT2D eigenvalue weighted by molar-refractivity contribution is 7.19. The summed E-state index contributed by atoms with van der Waals surface area (Å²) in [6.07, 6.45) is 3.15. The summed E-state index contributed by atoms with van der Waals surface area (Å²) >= 11 is 1.67. The van der Waals surface area contributed by atoms with Crippen molar-refractivity contribution in [3.63, 3.8) is 0 Å². The third kappa shape index (κ3) is 1.01. The van der Waals surface area contributed by atoms with Gasteiger partial charge in [-0.1, -0.05) is 0 Å². The average molecular weight is 261 g/mol. The average Bonchev–Trinajstić information content (AvgIpc) is 2.98. The lowest BCUT2D eigenvalue weighted by Gasteiger charge is -2.03. The molecule has 0 unspecified atom stereocenters. The number of fused-ring (bicyclic) bond motifs is 5. The van der Waals surface area contributed by atoms with E-state index in [0.717, 1.165) is 40.0 Å². The van der Waals surface area contributed by atoms with E-state index in [1.54, 1.807) is 11.3 Å². The van der Waals surface area contributed by atoms with Crippen molar-refractivity contribution in [1.29, 1.82) is 0 Å². The molecule has 0 amide bonds. The molecular weight excluding hydrogens is 250 g/mol. The molecule has 2 N–H and O–H groups in total. The first-order valence-electron chi connectivity index (χ1n) is 5.84. The second kappa shape index (κ2) is 3.11. The van der Waals surface area contributed by atoms with Gasteiger partial charge in [0.15, 0.2) is 0 Å². The molecule has 0 fully saturated rings. The fraction of sp³-hybridized carbons (Fsp3) is 0.364. The van der Waals surface area contributed by atoms with E-state index in [4.69, 9.17) is 5.84 Å². The largest absolute Gasteiger partial charge is 0.333 e. The molecular formula is C11H11N5OS. The highest BCUT2D eigenvalue weighted by atomic mass is 32.1. The van der Waals surface area contributed by atoms with Gasteiger partial charge in [-0.2, -0.15) is 4.68 Å². The van der Waals surface area contributed by atoms with E-state index in [9.17, 15) is 4.79 Å². The molecule has 0 aliphatic heterocycles. The van der Waals surface area contributed by atoms with Crippen LogP contribution in [-0.4, -0.2) is 19.3 Å². The Balaban J connectivity index is 2.37. The molecule has 7 heteroatoms. The van der Waals surface area contributed by atoms with Gasteiger partial charge < -0.3 is 5.84 Å². The maximum atomic E-state index is 12.3. The lowest BCUT2D eigenvalue weighted by atomic mass is 10.2. The number of aryl methyl sites for hydroxylation is 3. The first-order valence-corrected chi connectivity index (χ1v) is 6.66. The molecule has 92 valence electrons. The van der Waals surface area contributed by atoms with Crippen LogP contribution in [-0.2, 0) is 12.8 Å². The minimum Gasteiger partial charge on any atom is -0.333 e. The van der Waals surface area contributed by atoms with Gasteiger partial charge in [-0.05, 0) is 31.7 Å². The Labute approximate surface area is 106 Å². The van der Waals surface area contributed by atoms with Crippen molar-refractivity contribution in [3.8, 4) is 0 Å². The molecule has 0 aromatic carbocycles. The Morgan fingerprint density at radius 1 is 1.33 bits per heavy atom. The first-order chi connectivity index (χ1) is 8.68. The van der Waals surface area contributed by atoms with Crippen LogP contribution in [0.2, 0.25) is 0 Å². The standard InChI is InChI=1S/C11H11N5OS/c1-5-13-14-11-15(5)10-8(9(17)16(11)12)6-3-2-4-7(6)18-10/h2-4,12H2,1H3. The van der Waals surface area contributed by atoms with Gasteiger partial charge >= 0.3 is 0 Å². The molecule has 3 aromatic heterocycles. The SMILES string of the molecule is Cc1nnc2n(N)c(=O)c3c4c(sc3n12)CCC4. The van der Waals surface area contributed by atoms with Gasteiger partial charge in [-0.3, -0.25) is 9.20 Å². The molecule has 1 aliphatic rings. The van der Waals surface area contributed by atoms with E-state index in [1.165, 1.54) is 10.4 Å². The molecule has 3 aromatic rings. The third-order valence-corrected chi connectivity index (χ3v) is 4.84. The van der Waals surface area contributed by atoms with Gasteiger partial charge in [0.05, 0.1) is 5.39 Å². The highest BCUT2D eigenvalue weighted by Crippen LogP contribution is 2.35. The van der Waals surface area contributed by atoms with Crippen LogP contribution >= 0.6 is 11.3 Å². The summed E-state index contributed by atoms with van der Waals surface area (Å²) in [7, 11) is 0. The van der Waals surface area contributed by atoms with Gasteiger partial charge in [0.25, 0.3) is 11.3 Å². The van der Waals surface area contributed by atoms with Crippen molar-refractivity contribution in [2.24, 2.45) is 0 Å². The molecule has 1 aliphatic carbocycles. The summed E-state index contributed by atoms with van der Waals surface area (Å²) in [4.78, 5) is 14.6. The Bertz CT molecular complexity index is 856. The van der Waals surface area contributed by atoms with Gasteiger partial charge in [-0.15, -0.1) is 21.5 Å². The molecule has 6 nitrogen and oxygen atoms in total. The van der Waals surface area contributed by atoms with Crippen molar-refractivity contribution in [1.82, 2.24) is 19.3 Å². The number of nitrogens with zero attached hydrogens (tertiary/aromatic N) is 4. The van der Waals surface area contributed by atoms with Crippen LogP contribution in [0.15, 0.2) is 4.79 Å². The second-order valence-electron chi connectivity index (χ2n) is 4.60. The Kier molecular flexibility index (Phi) is 1.74. The van der Waals surface area contributed by atoms with Gasteiger partial charge in [0.2, 0.25) is 0 Å². The molecule has 4 rings (SSSR count). The Morgan fingerprint density at radius 3 is 3.00 bits per heavy atom. The molecule has 0 saturated carbocycles. The minimum atomic E-state index is -0.163. The van der Waals surface area contributed by atoms with Gasteiger partial charge in [-0.25, -0.2) is 0 Å². The lowest BCUT2D eigenvalue weighted by molar-refractivity contribution is 0.905.